The Morgan fingerprint density at radius 3 is 2.74 bits per heavy atom. The number of ether oxygens (including phenoxy) is 1. The molecule has 1 aromatic carbocycles. The first-order valence-corrected chi connectivity index (χ1v) is 9.41. The van der Waals surface area contributed by atoms with Crippen molar-refractivity contribution in [2.45, 2.75) is 37.4 Å². The van der Waals surface area contributed by atoms with Crippen molar-refractivity contribution in [2.24, 2.45) is 0 Å². The van der Waals surface area contributed by atoms with Gasteiger partial charge in [-0.05, 0) is 49.9 Å². The second-order valence-corrected chi connectivity index (χ2v) is 7.31. The molecule has 1 N–H and O–H groups in total. The maximum atomic E-state index is 13.4. The van der Waals surface area contributed by atoms with Crippen molar-refractivity contribution in [2.75, 3.05) is 19.7 Å². The van der Waals surface area contributed by atoms with Crippen LogP contribution in [0.3, 0.4) is 0 Å². The molecule has 27 heavy (non-hydrogen) atoms. The lowest BCUT2D eigenvalue weighted by atomic mass is 9.82. The molecule has 5 nitrogen and oxygen atoms in total. The van der Waals surface area contributed by atoms with E-state index in [4.69, 9.17) is 4.74 Å². The van der Waals surface area contributed by atoms with Crippen LogP contribution in [0.2, 0.25) is 0 Å². The number of hydrogen-bond acceptors (Lipinski definition) is 4. The number of halogens is 1. The summed E-state index contributed by atoms with van der Waals surface area (Å²) in [6, 6.07) is 9.69. The van der Waals surface area contributed by atoms with Crippen molar-refractivity contribution in [3.05, 3.63) is 54.0 Å². The van der Waals surface area contributed by atoms with Crippen molar-refractivity contribution in [1.82, 2.24) is 9.88 Å². The van der Waals surface area contributed by atoms with E-state index in [1.807, 2.05) is 0 Å². The van der Waals surface area contributed by atoms with E-state index < -0.39 is 11.7 Å². The van der Waals surface area contributed by atoms with Gasteiger partial charge < -0.3 is 14.7 Å². The first-order valence-electron chi connectivity index (χ1n) is 9.41. The topological polar surface area (TPSA) is 62.7 Å². The van der Waals surface area contributed by atoms with Gasteiger partial charge in [0.2, 0.25) is 0 Å². The highest BCUT2D eigenvalue weighted by molar-refractivity contribution is 5.94. The van der Waals surface area contributed by atoms with Gasteiger partial charge in [-0.3, -0.25) is 9.78 Å². The summed E-state index contributed by atoms with van der Waals surface area (Å²) < 4.78 is 19.3. The van der Waals surface area contributed by atoms with Gasteiger partial charge in [-0.25, -0.2) is 4.39 Å². The number of aliphatic hydroxyl groups excluding tert-OH is 1. The van der Waals surface area contributed by atoms with Crippen LogP contribution in [0.25, 0.3) is 11.3 Å². The predicted octanol–water partition coefficient (Wildman–Crippen LogP) is 3.03. The lowest BCUT2D eigenvalue weighted by molar-refractivity contribution is -0.174. The first-order chi connectivity index (χ1) is 13.1. The van der Waals surface area contributed by atoms with Crippen LogP contribution in [0.5, 0.6) is 0 Å². The molecule has 142 valence electrons. The largest absolute Gasteiger partial charge is 0.390 e. The van der Waals surface area contributed by atoms with E-state index >= 15 is 0 Å². The molecule has 1 atom stereocenters. The highest BCUT2D eigenvalue weighted by atomic mass is 19.1. The van der Waals surface area contributed by atoms with Crippen LogP contribution >= 0.6 is 0 Å². The van der Waals surface area contributed by atoms with Gasteiger partial charge in [0.25, 0.3) is 5.91 Å². The number of benzene rings is 1. The second-order valence-electron chi connectivity index (χ2n) is 7.31. The fourth-order valence-electron chi connectivity index (χ4n) is 4.00. The Hall–Kier alpha value is -2.31. The molecule has 4 rings (SSSR count). The average Bonchev–Trinajstić information content (AvgIpc) is 2.71. The van der Waals surface area contributed by atoms with Crippen molar-refractivity contribution in [3.63, 3.8) is 0 Å². The van der Waals surface area contributed by atoms with Gasteiger partial charge in [0.1, 0.15) is 5.82 Å². The lowest BCUT2D eigenvalue weighted by Gasteiger charge is -2.46. The third-order valence-electron chi connectivity index (χ3n) is 5.65. The van der Waals surface area contributed by atoms with Crippen molar-refractivity contribution in [1.29, 1.82) is 0 Å². The van der Waals surface area contributed by atoms with Gasteiger partial charge in [0.15, 0.2) is 0 Å². The van der Waals surface area contributed by atoms with Crippen LogP contribution in [0, 0.1) is 5.82 Å². The maximum absolute atomic E-state index is 13.4. The number of carbonyl (C=O) groups excluding carboxylic acids is 1. The van der Waals surface area contributed by atoms with Gasteiger partial charge >= 0.3 is 0 Å². The SMILES string of the molecule is O=C(c1ccc(-c2cccc(F)c2)nc1)N1CCC2(CC1)OCCC[C@H]2O. The number of likely N-dealkylation sites (tertiary alicyclic amines) is 1. The van der Waals surface area contributed by atoms with Crippen LogP contribution in [0.4, 0.5) is 4.39 Å². The summed E-state index contributed by atoms with van der Waals surface area (Å²) in [5, 5.41) is 10.3. The van der Waals surface area contributed by atoms with E-state index in [0.717, 1.165) is 12.8 Å². The summed E-state index contributed by atoms with van der Waals surface area (Å²) in [7, 11) is 0. The van der Waals surface area contributed by atoms with Crippen molar-refractivity contribution in [3.8, 4) is 11.3 Å². The van der Waals surface area contributed by atoms with Crippen LogP contribution in [-0.2, 0) is 4.74 Å². The summed E-state index contributed by atoms with van der Waals surface area (Å²) >= 11 is 0. The number of pyridine rings is 1. The van der Waals surface area contributed by atoms with Gasteiger partial charge in [0.05, 0.1) is 23.0 Å². The Labute approximate surface area is 157 Å². The number of aromatic nitrogens is 1. The highest BCUT2D eigenvalue weighted by Gasteiger charge is 2.44. The number of carbonyl (C=O) groups is 1. The minimum absolute atomic E-state index is 0.0755. The Balaban J connectivity index is 1.43. The fraction of sp³-hybridized carbons (Fsp3) is 0.429. The monoisotopic (exact) mass is 370 g/mol. The molecular weight excluding hydrogens is 347 g/mol. The summed E-state index contributed by atoms with van der Waals surface area (Å²) in [4.78, 5) is 18.9. The number of nitrogens with zero attached hydrogens (tertiary/aromatic N) is 2. The molecule has 1 spiro atoms. The molecule has 0 saturated carbocycles. The second kappa shape index (κ2) is 7.37. The first kappa shape index (κ1) is 18.1. The summed E-state index contributed by atoms with van der Waals surface area (Å²) in [5.41, 5.74) is 1.32. The summed E-state index contributed by atoms with van der Waals surface area (Å²) in [6.07, 6.45) is 4.03. The van der Waals surface area contributed by atoms with E-state index in [1.54, 1.807) is 35.4 Å². The molecular formula is C21H23FN2O3. The van der Waals surface area contributed by atoms with Crippen LogP contribution in [-0.4, -0.2) is 52.3 Å². The molecule has 1 aromatic heterocycles. The van der Waals surface area contributed by atoms with E-state index in [-0.39, 0.29) is 11.7 Å². The molecule has 6 heteroatoms. The zero-order chi connectivity index (χ0) is 18.9. The van der Waals surface area contributed by atoms with Crippen LogP contribution in [0.1, 0.15) is 36.0 Å². The van der Waals surface area contributed by atoms with Gasteiger partial charge in [-0.15, -0.1) is 0 Å². The molecule has 3 heterocycles. The molecule has 2 aliphatic rings. The predicted molar refractivity (Wildman–Crippen MR) is 98.7 cm³/mol. The van der Waals surface area contributed by atoms with Crippen LogP contribution < -0.4 is 0 Å². The van der Waals surface area contributed by atoms with E-state index in [9.17, 15) is 14.3 Å². The third-order valence-corrected chi connectivity index (χ3v) is 5.65. The number of piperidine rings is 1. The van der Waals surface area contributed by atoms with Crippen molar-refractivity contribution < 1.29 is 19.0 Å². The minimum Gasteiger partial charge on any atom is -0.390 e. The molecule has 2 saturated heterocycles. The number of hydrogen-bond donors (Lipinski definition) is 1. The quantitative estimate of drug-likeness (QED) is 0.883. The average molecular weight is 370 g/mol. The van der Waals surface area contributed by atoms with Gasteiger partial charge in [0, 0.05) is 31.5 Å². The zero-order valence-electron chi connectivity index (χ0n) is 15.1. The molecule has 2 aromatic rings. The standard InChI is InChI=1S/C21H23FN2O3/c22-17-4-1-3-15(13-17)18-7-6-16(14-23-18)20(26)24-10-8-21(9-11-24)19(25)5-2-12-27-21/h1,3-4,6-7,13-14,19,25H,2,5,8-12H2/t19-/m1/s1. The normalized spacial score (nSPS) is 22.0. The number of rotatable bonds is 2. The maximum Gasteiger partial charge on any atom is 0.255 e. The minimum atomic E-state index is -0.492. The van der Waals surface area contributed by atoms with E-state index in [2.05, 4.69) is 4.98 Å². The fourth-order valence-corrected chi connectivity index (χ4v) is 4.00. The Morgan fingerprint density at radius 1 is 1.26 bits per heavy atom. The molecule has 0 unspecified atom stereocenters. The molecule has 2 aliphatic heterocycles. The molecule has 1 amide bonds. The van der Waals surface area contributed by atoms with Gasteiger partial charge in [-0.2, -0.15) is 0 Å². The highest BCUT2D eigenvalue weighted by Crippen LogP contribution is 2.35. The lowest BCUT2D eigenvalue weighted by Crippen LogP contribution is -2.56. The Morgan fingerprint density at radius 2 is 2.07 bits per heavy atom. The number of amides is 1. The molecule has 0 radical (unpaired) electrons. The number of aliphatic hydroxyl groups is 1. The zero-order valence-corrected chi connectivity index (χ0v) is 15.1. The van der Waals surface area contributed by atoms with Crippen LogP contribution in [0.15, 0.2) is 42.6 Å². The molecule has 2 fully saturated rings. The summed E-state index contributed by atoms with van der Waals surface area (Å²) in [5.74, 6) is -0.391. The molecule has 0 bridgehead atoms. The Bertz CT molecular complexity index is 816. The van der Waals surface area contributed by atoms with Crippen molar-refractivity contribution >= 4 is 5.91 Å². The molecule has 0 aliphatic carbocycles. The summed E-state index contributed by atoms with van der Waals surface area (Å²) in [6.45, 7) is 1.79. The smallest absolute Gasteiger partial charge is 0.255 e. The van der Waals surface area contributed by atoms with E-state index in [1.165, 1.54) is 12.1 Å². The third kappa shape index (κ3) is 3.59. The Kier molecular flexibility index (Phi) is 4.93. The van der Waals surface area contributed by atoms with E-state index in [0.29, 0.717) is 49.4 Å². The van der Waals surface area contributed by atoms with Gasteiger partial charge in [-0.1, -0.05) is 12.1 Å².